The Morgan fingerprint density at radius 1 is 1.22 bits per heavy atom. The first-order valence-corrected chi connectivity index (χ1v) is 8.04. The van der Waals surface area contributed by atoms with E-state index in [-0.39, 0.29) is 5.54 Å². The van der Waals surface area contributed by atoms with Crippen molar-refractivity contribution in [3.8, 4) is 0 Å². The van der Waals surface area contributed by atoms with Gasteiger partial charge in [0.2, 0.25) is 0 Å². The Labute approximate surface area is 114 Å². The van der Waals surface area contributed by atoms with Crippen LogP contribution in [0.1, 0.15) is 66.2 Å². The van der Waals surface area contributed by atoms with E-state index in [0.29, 0.717) is 0 Å². The molecule has 0 bridgehead atoms. The third-order valence-corrected chi connectivity index (χ3v) is 5.17. The van der Waals surface area contributed by atoms with Crippen molar-refractivity contribution in [1.29, 1.82) is 0 Å². The molecule has 1 unspecified atom stereocenters. The number of hydrogen-bond acceptors (Lipinski definition) is 2. The lowest BCUT2D eigenvalue weighted by atomic mass is 9.75. The van der Waals surface area contributed by atoms with Gasteiger partial charge in [-0.25, -0.2) is 0 Å². The summed E-state index contributed by atoms with van der Waals surface area (Å²) in [6.07, 6.45) is 8.17. The Morgan fingerprint density at radius 3 is 2.17 bits per heavy atom. The van der Waals surface area contributed by atoms with Crippen LogP contribution in [0.5, 0.6) is 0 Å². The van der Waals surface area contributed by atoms with E-state index in [2.05, 4.69) is 32.6 Å². The van der Waals surface area contributed by atoms with Crippen LogP contribution in [0.15, 0.2) is 0 Å². The van der Waals surface area contributed by atoms with Gasteiger partial charge >= 0.3 is 0 Å². The maximum Gasteiger partial charge on any atom is 0.0306 e. The van der Waals surface area contributed by atoms with Crippen LogP contribution in [0.2, 0.25) is 0 Å². The zero-order valence-corrected chi connectivity index (χ0v) is 13.0. The summed E-state index contributed by atoms with van der Waals surface area (Å²) in [4.78, 5) is 2.66. The Morgan fingerprint density at radius 2 is 1.83 bits per heavy atom. The van der Waals surface area contributed by atoms with E-state index < -0.39 is 0 Å². The average Bonchev–Trinajstić information content (AvgIpc) is 2.35. The van der Waals surface area contributed by atoms with E-state index in [9.17, 15) is 0 Å². The predicted octanol–water partition coefficient (Wildman–Crippen LogP) is 3.65. The highest BCUT2D eigenvalue weighted by atomic mass is 15.2. The van der Waals surface area contributed by atoms with E-state index in [0.717, 1.165) is 24.9 Å². The SMILES string of the molecule is CCC(CC)CN(CC)C(C)(CN)CC1CCC1. The smallest absolute Gasteiger partial charge is 0.0306 e. The molecule has 0 aromatic rings. The number of nitrogens with two attached hydrogens (primary N) is 1. The first-order chi connectivity index (χ1) is 8.59. The van der Waals surface area contributed by atoms with Gasteiger partial charge in [0.05, 0.1) is 0 Å². The Balaban J connectivity index is 2.61. The fraction of sp³-hybridized carbons (Fsp3) is 1.00. The number of nitrogens with zero attached hydrogens (tertiary/aromatic N) is 1. The molecule has 2 heteroatoms. The van der Waals surface area contributed by atoms with Gasteiger partial charge in [0.15, 0.2) is 0 Å². The highest BCUT2D eigenvalue weighted by Crippen LogP contribution is 2.36. The lowest BCUT2D eigenvalue weighted by Crippen LogP contribution is -2.54. The quantitative estimate of drug-likeness (QED) is 0.680. The molecular formula is C16H34N2. The second-order valence-electron chi connectivity index (χ2n) is 6.42. The molecule has 0 radical (unpaired) electrons. The zero-order chi connectivity index (χ0) is 13.6. The van der Waals surface area contributed by atoms with Crippen LogP contribution in [0.25, 0.3) is 0 Å². The Bertz CT molecular complexity index is 221. The molecule has 0 aromatic carbocycles. The monoisotopic (exact) mass is 254 g/mol. The number of hydrogen-bond donors (Lipinski definition) is 1. The van der Waals surface area contributed by atoms with Crippen molar-refractivity contribution in [2.45, 2.75) is 71.8 Å². The van der Waals surface area contributed by atoms with E-state index in [4.69, 9.17) is 5.73 Å². The van der Waals surface area contributed by atoms with Crippen molar-refractivity contribution in [3.63, 3.8) is 0 Å². The van der Waals surface area contributed by atoms with Crippen LogP contribution < -0.4 is 5.73 Å². The van der Waals surface area contributed by atoms with Crippen LogP contribution in [0.3, 0.4) is 0 Å². The summed E-state index contributed by atoms with van der Waals surface area (Å²) in [5.41, 5.74) is 6.35. The molecule has 1 aliphatic rings. The third kappa shape index (κ3) is 3.96. The Hall–Kier alpha value is -0.0800. The number of likely N-dealkylation sites (N-methyl/N-ethyl adjacent to an activating group) is 1. The molecule has 0 spiro atoms. The molecule has 0 saturated heterocycles. The summed E-state index contributed by atoms with van der Waals surface area (Å²) in [7, 11) is 0. The minimum Gasteiger partial charge on any atom is -0.329 e. The summed E-state index contributed by atoms with van der Waals surface area (Å²) in [6, 6.07) is 0. The minimum absolute atomic E-state index is 0.225. The van der Waals surface area contributed by atoms with E-state index in [1.54, 1.807) is 0 Å². The molecule has 1 aliphatic carbocycles. The highest BCUT2D eigenvalue weighted by Gasteiger charge is 2.34. The van der Waals surface area contributed by atoms with Crippen molar-refractivity contribution >= 4 is 0 Å². The second kappa shape index (κ2) is 7.49. The van der Waals surface area contributed by atoms with Gasteiger partial charge in [-0.2, -0.15) is 0 Å². The normalized spacial score (nSPS) is 20.2. The molecule has 1 atom stereocenters. The van der Waals surface area contributed by atoms with Crippen LogP contribution in [-0.2, 0) is 0 Å². The molecule has 1 rings (SSSR count). The topological polar surface area (TPSA) is 29.3 Å². The van der Waals surface area contributed by atoms with Gasteiger partial charge in [0, 0.05) is 18.6 Å². The lowest BCUT2D eigenvalue weighted by molar-refractivity contribution is 0.0569. The summed E-state index contributed by atoms with van der Waals surface area (Å²) >= 11 is 0. The van der Waals surface area contributed by atoms with Crippen LogP contribution in [0.4, 0.5) is 0 Å². The highest BCUT2D eigenvalue weighted by molar-refractivity contribution is 4.91. The van der Waals surface area contributed by atoms with Gasteiger partial charge in [-0.05, 0) is 31.7 Å². The van der Waals surface area contributed by atoms with Gasteiger partial charge < -0.3 is 5.73 Å². The molecule has 1 fully saturated rings. The molecule has 18 heavy (non-hydrogen) atoms. The molecule has 0 heterocycles. The van der Waals surface area contributed by atoms with Crippen molar-refractivity contribution in [1.82, 2.24) is 4.90 Å². The first kappa shape index (κ1) is 16.0. The van der Waals surface area contributed by atoms with Gasteiger partial charge in [0.1, 0.15) is 0 Å². The molecule has 0 aromatic heterocycles. The fourth-order valence-corrected chi connectivity index (χ4v) is 3.25. The predicted molar refractivity (Wildman–Crippen MR) is 80.7 cm³/mol. The molecule has 0 aliphatic heterocycles. The maximum atomic E-state index is 6.13. The summed E-state index contributed by atoms with van der Waals surface area (Å²) in [6.45, 7) is 12.5. The molecule has 2 N–H and O–H groups in total. The van der Waals surface area contributed by atoms with Crippen molar-refractivity contribution in [3.05, 3.63) is 0 Å². The number of rotatable bonds is 9. The van der Waals surface area contributed by atoms with Crippen LogP contribution in [-0.4, -0.2) is 30.1 Å². The maximum absolute atomic E-state index is 6.13. The largest absolute Gasteiger partial charge is 0.329 e. The third-order valence-electron chi connectivity index (χ3n) is 5.17. The summed E-state index contributed by atoms with van der Waals surface area (Å²) in [5.74, 6) is 1.77. The van der Waals surface area contributed by atoms with Gasteiger partial charge in [0.25, 0.3) is 0 Å². The van der Waals surface area contributed by atoms with Crippen molar-refractivity contribution in [2.24, 2.45) is 17.6 Å². The van der Waals surface area contributed by atoms with E-state index in [1.165, 1.54) is 45.1 Å². The first-order valence-electron chi connectivity index (χ1n) is 8.04. The average molecular weight is 254 g/mol. The Kier molecular flexibility index (Phi) is 6.65. The van der Waals surface area contributed by atoms with E-state index in [1.807, 2.05) is 0 Å². The summed E-state index contributed by atoms with van der Waals surface area (Å²) in [5, 5.41) is 0. The summed E-state index contributed by atoms with van der Waals surface area (Å²) < 4.78 is 0. The molecule has 108 valence electrons. The van der Waals surface area contributed by atoms with Crippen molar-refractivity contribution < 1.29 is 0 Å². The molecule has 0 amide bonds. The zero-order valence-electron chi connectivity index (χ0n) is 13.0. The van der Waals surface area contributed by atoms with Crippen LogP contribution in [0, 0.1) is 11.8 Å². The van der Waals surface area contributed by atoms with Gasteiger partial charge in [-0.1, -0.05) is 52.9 Å². The molecule has 1 saturated carbocycles. The molecular weight excluding hydrogens is 220 g/mol. The van der Waals surface area contributed by atoms with E-state index >= 15 is 0 Å². The fourth-order valence-electron chi connectivity index (χ4n) is 3.25. The molecule has 2 nitrogen and oxygen atoms in total. The standard InChI is InChI=1S/C16H34N2/c1-5-14(6-2)12-18(7-3)16(4,13-17)11-15-9-8-10-15/h14-15H,5-13,17H2,1-4H3. The van der Waals surface area contributed by atoms with Crippen LogP contribution >= 0.6 is 0 Å². The van der Waals surface area contributed by atoms with Gasteiger partial charge in [-0.3, -0.25) is 4.90 Å². The van der Waals surface area contributed by atoms with Crippen molar-refractivity contribution in [2.75, 3.05) is 19.6 Å². The minimum atomic E-state index is 0.225. The lowest BCUT2D eigenvalue weighted by Gasteiger charge is -2.45. The second-order valence-corrected chi connectivity index (χ2v) is 6.42. The van der Waals surface area contributed by atoms with Gasteiger partial charge in [-0.15, -0.1) is 0 Å².